The lowest BCUT2D eigenvalue weighted by Gasteiger charge is -2.05. The second-order valence-corrected chi connectivity index (χ2v) is 7.04. The molecular weight excluding hydrogens is 398 g/mol. The third-order valence-electron chi connectivity index (χ3n) is 3.48. The minimum Gasteiger partial charge on any atom is -0.399 e. The van der Waals surface area contributed by atoms with Crippen LogP contribution in [0.2, 0.25) is 10.0 Å². The molecule has 3 aromatic heterocycles. The monoisotopic (exact) mass is 406 g/mol. The van der Waals surface area contributed by atoms with E-state index in [2.05, 4.69) is 25.3 Å². The van der Waals surface area contributed by atoms with Crippen LogP contribution in [-0.2, 0) is 0 Å². The Morgan fingerprint density at radius 3 is 2.62 bits per heavy atom. The van der Waals surface area contributed by atoms with Crippen molar-refractivity contribution in [2.45, 2.75) is 0 Å². The van der Waals surface area contributed by atoms with Crippen LogP contribution in [0.25, 0.3) is 20.8 Å². The van der Waals surface area contributed by atoms with E-state index in [1.807, 2.05) is 0 Å². The summed E-state index contributed by atoms with van der Waals surface area (Å²) in [6.07, 6.45) is 4.08. The van der Waals surface area contributed by atoms with Gasteiger partial charge in [0.15, 0.2) is 11.6 Å². The maximum atomic E-state index is 14.2. The number of fused-ring (bicyclic) bond motifs is 1. The van der Waals surface area contributed by atoms with Gasteiger partial charge in [0.2, 0.25) is 0 Å². The summed E-state index contributed by atoms with van der Waals surface area (Å²) >= 11 is 13.7. The molecule has 0 fully saturated rings. The van der Waals surface area contributed by atoms with Gasteiger partial charge in [0.05, 0.1) is 16.2 Å². The molecule has 3 N–H and O–H groups in total. The Balaban J connectivity index is 1.87. The maximum absolute atomic E-state index is 14.2. The van der Waals surface area contributed by atoms with Crippen molar-refractivity contribution >= 4 is 62.1 Å². The minimum atomic E-state index is -0.543. The molecule has 0 saturated heterocycles. The number of rotatable bonds is 3. The fraction of sp³-hybridized carbons (Fsp3) is 0. The minimum absolute atomic E-state index is 0.167. The van der Waals surface area contributed by atoms with Crippen LogP contribution in [0.3, 0.4) is 0 Å². The van der Waals surface area contributed by atoms with Gasteiger partial charge in [-0.1, -0.05) is 23.2 Å². The number of pyridine rings is 1. The molecule has 0 aliphatic rings. The second kappa shape index (κ2) is 6.64. The molecule has 1 aromatic carbocycles. The Labute approximate surface area is 160 Å². The number of nitrogens with two attached hydrogens (primary N) is 1. The van der Waals surface area contributed by atoms with Gasteiger partial charge in [0, 0.05) is 17.4 Å². The first-order valence-electron chi connectivity index (χ1n) is 7.26. The fourth-order valence-corrected chi connectivity index (χ4v) is 4.25. The Bertz CT molecular complexity index is 1100. The van der Waals surface area contributed by atoms with E-state index in [0.717, 1.165) is 6.20 Å². The molecule has 0 spiro atoms. The van der Waals surface area contributed by atoms with Crippen molar-refractivity contribution in [1.82, 2.24) is 19.9 Å². The third kappa shape index (κ3) is 3.03. The van der Waals surface area contributed by atoms with E-state index < -0.39 is 5.82 Å². The number of thiazole rings is 1. The molecule has 0 amide bonds. The van der Waals surface area contributed by atoms with Crippen LogP contribution in [0.5, 0.6) is 0 Å². The second-order valence-electron chi connectivity index (χ2n) is 5.23. The highest BCUT2D eigenvalue weighted by atomic mass is 35.5. The Morgan fingerprint density at radius 1 is 1.15 bits per heavy atom. The van der Waals surface area contributed by atoms with Crippen molar-refractivity contribution in [3.05, 3.63) is 52.8 Å². The van der Waals surface area contributed by atoms with Crippen LogP contribution in [0.15, 0.2) is 36.9 Å². The zero-order chi connectivity index (χ0) is 18.3. The summed E-state index contributed by atoms with van der Waals surface area (Å²) in [4.78, 5) is 16.4. The first-order valence-corrected chi connectivity index (χ1v) is 8.83. The van der Waals surface area contributed by atoms with Gasteiger partial charge in [-0.05, 0) is 18.2 Å². The summed E-state index contributed by atoms with van der Waals surface area (Å²) in [5.41, 5.74) is 6.84. The number of aromatic nitrogens is 4. The molecule has 4 aromatic rings. The first kappa shape index (κ1) is 16.9. The highest BCUT2D eigenvalue weighted by molar-refractivity contribution is 7.22. The summed E-state index contributed by atoms with van der Waals surface area (Å²) in [6, 6.07) is 4.82. The Morgan fingerprint density at radius 2 is 1.92 bits per heavy atom. The standard InChI is InChI=1S/C16H9Cl2FN6S/c17-8-3-7(20)4-9(18)12(8)16-25-13-10(19)5-22-15(14(13)26-16)24-11-1-2-21-6-23-11/h1-6H,20H2,(H,21,22,23,24). The SMILES string of the molecule is Nc1cc(Cl)c(-c2nc3c(F)cnc(Nc4ccncn4)c3s2)c(Cl)c1. The van der Waals surface area contributed by atoms with Gasteiger partial charge in [-0.3, -0.25) is 0 Å². The molecule has 10 heteroatoms. The molecule has 0 aliphatic heterocycles. The molecule has 0 radical (unpaired) electrons. The number of hydrogen-bond acceptors (Lipinski definition) is 7. The molecule has 0 aliphatic carbocycles. The van der Waals surface area contributed by atoms with Crippen molar-refractivity contribution in [1.29, 1.82) is 0 Å². The quantitative estimate of drug-likeness (QED) is 0.469. The molecule has 0 atom stereocenters. The molecule has 0 unspecified atom stereocenters. The van der Waals surface area contributed by atoms with Gasteiger partial charge in [-0.15, -0.1) is 11.3 Å². The van der Waals surface area contributed by atoms with E-state index in [4.69, 9.17) is 28.9 Å². The van der Waals surface area contributed by atoms with Crippen LogP contribution in [0.1, 0.15) is 0 Å². The first-order chi connectivity index (χ1) is 12.5. The third-order valence-corrected chi connectivity index (χ3v) is 5.16. The van der Waals surface area contributed by atoms with E-state index in [9.17, 15) is 4.39 Å². The molecular formula is C16H9Cl2FN6S. The van der Waals surface area contributed by atoms with Gasteiger partial charge in [-0.2, -0.15) is 0 Å². The predicted octanol–water partition coefficient (Wildman–Crippen LogP) is 4.92. The molecule has 3 heterocycles. The van der Waals surface area contributed by atoms with E-state index in [0.29, 0.717) is 42.6 Å². The summed E-state index contributed by atoms with van der Waals surface area (Å²) < 4.78 is 14.8. The lowest BCUT2D eigenvalue weighted by molar-refractivity contribution is 0.632. The van der Waals surface area contributed by atoms with E-state index in [1.165, 1.54) is 17.7 Å². The molecule has 6 nitrogen and oxygen atoms in total. The zero-order valence-electron chi connectivity index (χ0n) is 12.9. The van der Waals surface area contributed by atoms with Crippen molar-refractivity contribution in [2.75, 3.05) is 11.1 Å². The fourth-order valence-electron chi connectivity index (χ4n) is 2.36. The van der Waals surface area contributed by atoms with Crippen LogP contribution in [0, 0.1) is 5.82 Å². The smallest absolute Gasteiger partial charge is 0.168 e. The van der Waals surface area contributed by atoms with Gasteiger partial charge in [-0.25, -0.2) is 24.3 Å². The predicted molar refractivity (Wildman–Crippen MR) is 103 cm³/mol. The zero-order valence-corrected chi connectivity index (χ0v) is 15.2. The van der Waals surface area contributed by atoms with E-state index in [-0.39, 0.29) is 5.52 Å². The number of nitrogens with one attached hydrogen (secondary N) is 1. The van der Waals surface area contributed by atoms with Crippen molar-refractivity contribution < 1.29 is 4.39 Å². The average Bonchev–Trinajstić information content (AvgIpc) is 3.03. The van der Waals surface area contributed by atoms with Crippen molar-refractivity contribution in [2.24, 2.45) is 0 Å². The topological polar surface area (TPSA) is 89.6 Å². The number of halogens is 3. The van der Waals surface area contributed by atoms with Crippen LogP contribution >= 0.6 is 34.5 Å². The molecule has 130 valence electrons. The van der Waals surface area contributed by atoms with Crippen LogP contribution in [-0.4, -0.2) is 19.9 Å². The van der Waals surface area contributed by atoms with Crippen LogP contribution in [0.4, 0.5) is 21.7 Å². The number of hydrogen-bond donors (Lipinski definition) is 2. The lowest BCUT2D eigenvalue weighted by Crippen LogP contribution is -1.97. The van der Waals surface area contributed by atoms with E-state index >= 15 is 0 Å². The number of anilines is 3. The van der Waals surface area contributed by atoms with E-state index in [1.54, 1.807) is 24.4 Å². The lowest BCUT2D eigenvalue weighted by atomic mass is 10.2. The van der Waals surface area contributed by atoms with Gasteiger partial charge >= 0.3 is 0 Å². The molecule has 26 heavy (non-hydrogen) atoms. The summed E-state index contributed by atoms with van der Waals surface area (Å²) in [6.45, 7) is 0. The largest absolute Gasteiger partial charge is 0.399 e. The summed E-state index contributed by atoms with van der Waals surface area (Å²) in [5, 5.41) is 4.18. The average molecular weight is 407 g/mol. The number of nitrogen functional groups attached to an aromatic ring is 1. The highest BCUT2D eigenvalue weighted by Gasteiger charge is 2.19. The molecule has 0 saturated carbocycles. The number of nitrogens with zero attached hydrogens (tertiary/aromatic N) is 4. The maximum Gasteiger partial charge on any atom is 0.168 e. The Hall–Kier alpha value is -2.55. The highest BCUT2D eigenvalue weighted by Crippen LogP contribution is 2.42. The number of benzene rings is 1. The Kier molecular flexibility index (Phi) is 4.31. The van der Waals surface area contributed by atoms with Gasteiger partial charge in [0.25, 0.3) is 0 Å². The van der Waals surface area contributed by atoms with Gasteiger partial charge in [0.1, 0.15) is 27.4 Å². The van der Waals surface area contributed by atoms with Crippen LogP contribution < -0.4 is 11.1 Å². The molecule has 4 rings (SSSR count). The molecule has 0 bridgehead atoms. The summed E-state index contributed by atoms with van der Waals surface area (Å²) in [7, 11) is 0. The van der Waals surface area contributed by atoms with Gasteiger partial charge < -0.3 is 11.1 Å². The van der Waals surface area contributed by atoms with Crippen molar-refractivity contribution in [3.63, 3.8) is 0 Å². The van der Waals surface area contributed by atoms with Crippen molar-refractivity contribution in [3.8, 4) is 10.6 Å². The normalized spacial score (nSPS) is 11.0. The summed E-state index contributed by atoms with van der Waals surface area (Å²) in [5.74, 6) is 0.406.